The van der Waals surface area contributed by atoms with Gasteiger partial charge >= 0.3 is 0 Å². The van der Waals surface area contributed by atoms with Gasteiger partial charge in [0.05, 0.1) is 27.6 Å². The first-order chi connectivity index (χ1) is 12.7. The molecule has 4 heteroatoms. The van der Waals surface area contributed by atoms with Crippen LogP contribution in [0.1, 0.15) is 0 Å². The number of hydrogen-bond acceptors (Lipinski definition) is 2. The number of fused-ring (bicyclic) bond motifs is 4. The van der Waals surface area contributed by atoms with Crippen molar-refractivity contribution in [3.8, 4) is 11.3 Å². The molecular weight excluding hydrogens is 327 g/mol. The average molecular weight is 340 g/mol. The predicted molar refractivity (Wildman–Crippen MR) is 102 cm³/mol. The Morgan fingerprint density at radius 1 is 0.808 bits per heavy atom. The second kappa shape index (κ2) is 5.49. The summed E-state index contributed by atoms with van der Waals surface area (Å²) in [4.78, 5) is 18.1. The van der Waals surface area contributed by atoms with Crippen molar-refractivity contribution < 1.29 is 4.39 Å². The van der Waals surface area contributed by atoms with E-state index >= 15 is 0 Å². The van der Waals surface area contributed by atoms with Gasteiger partial charge in [-0.15, -0.1) is 0 Å². The molecule has 0 bridgehead atoms. The summed E-state index contributed by atoms with van der Waals surface area (Å²) in [5, 5.41) is 1.30. The molecule has 3 nitrogen and oxygen atoms in total. The van der Waals surface area contributed by atoms with Gasteiger partial charge in [-0.3, -0.25) is 9.20 Å². The fourth-order valence-electron chi connectivity index (χ4n) is 3.43. The summed E-state index contributed by atoms with van der Waals surface area (Å²) in [6.45, 7) is 0. The molecule has 26 heavy (non-hydrogen) atoms. The van der Waals surface area contributed by atoms with Gasteiger partial charge in [0.25, 0.3) is 5.56 Å². The van der Waals surface area contributed by atoms with Crippen molar-refractivity contribution in [2.75, 3.05) is 0 Å². The van der Waals surface area contributed by atoms with Crippen molar-refractivity contribution in [2.45, 2.75) is 0 Å². The van der Waals surface area contributed by atoms with Crippen LogP contribution in [-0.4, -0.2) is 9.38 Å². The molecule has 0 saturated carbocycles. The quantitative estimate of drug-likeness (QED) is 0.439. The summed E-state index contributed by atoms with van der Waals surface area (Å²) in [5.74, 6) is -0.373. The molecule has 0 aliphatic carbocycles. The van der Waals surface area contributed by atoms with E-state index in [1.807, 2.05) is 54.6 Å². The number of benzene rings is 3. The Morgan fingerprint density at radius 2 is 1.58 bits per heavy atom. The van der Waals surface area contributed by atoms with Crippen molar-refractivity contribution in [1.82, 2.24) is 9.38 Å². The molecule has 2 heterocycles. The number of nitrogens with zero attached hydrogens (tertiary/aromatic N) is 2. The van der Waals surface area contributed by atoms with Gasteiger partial charge < -0.3 is 0 Å². The van der Waals surface area contributed by atoms with E-state index in [4.69, 9.17) is 4.98 Å². The van der Waals surface area contributed by atoms with Gasteiger partial charge in [-0.25, -0.2) is 9.37 Å². The maximum atomic E-state index is 13.9. The Balaban J connectivity index is 2.11. The normalized spacial score (nSPS) is 11.4. The molecule has 5 rings (SSSR count). The summed E-state index contributed by atoms with van der Waals surface area (Å²) in [5.41, 5.74) is 3.22. The smallest absolute Gasteiger partial charge is 0.265 e. The molecule has 0 atom stereocenters. The molecular formula is C22H13FN2O. The second-order valence-electron chi connectivity index (χ2n) is 6.22. The molecule has 0 amide bonds. The zero-order chi connectivity index (χ0) is 17.7. The molecule has 0 radical (unpaired) electrons. The van der Waals surface area contributed by atoms with Crippen molar-refractivity contribution in [3.05, 3.63) is 95.0 Å². The molecule has 0 spiro atoms. The van der Waals surface area contributed by atoms with Crippen LogP contribution in [0.2, 0.25) is 0 Å². The Bertz CT molecular complexity index is 1360. The van der Waals surface area contributed by atoms with Crippen molar-refractivity contribution in [3.63, 3.8) is 0 Å². The lowest BCUT2D eigenvalue weighted by Crippen LogP contribution is -2.09. The molecule has 0 unspecified atom stereocenters. The molecule has 0 N–H and O–H groups in total. The SMILES string of the molecule is O=c1c2ccccc2nc(-c2ccccc2)c2cc3ccc(F)cc3n12. The molecule has 124 valence electrons. The minimum absolute atomic E-state index is 0.203. The van der Waals surface area contributed by atoms with E-state index < -0.39 is 0 Å². The molecule has 2 aromatic heterocycles. The first-order valence-corrected chi connectivity index (χ1v) is 8.31. The van der Waals surface area contributed by atoms with Crippen LogP contribution >= 0.6 is 0 Å². The Hall–Kier alpha value is -3.53. The third kappa shape index (κ3) is 2.12. The Kier molecular flexibility index (Phi) is 3.12. The van der Waals surface area contributed by atoms with Crippen molar-refractivity contribution >= 4 is 27.3 Å². The van der Waals surface area contributed by atoms with Gasteiger partial charge in [0, 0.05) is 10.9 Å². The third-order valence-corrected chi connectivity index (χ3v) is 4.63. The van der Waals surface area contributed by atoms with Crippen LogP contribution in [0.3, 0.4) is 0 Å². The fourth-order valence-corrected chi connectivity index (χ4v) is 3.43. The summed E-state index contributed by atoms with van der Waals surface area (Å²) < 4.78 is 15.4. The van der Waals surface area contributed by atoms with E-state index in [1.165, 1.54) is 12.1 Å². The fraction of sp³-hybridized carbons (Fsp3) is 0. The first kappa shape index (κ1) is 14.8. The number of para-hydroxylation sites is 1. The van der Waals surface area contributed by atoms with Crippen molar-refractivity contribution in [2.24, 2.45) is 0 Å². The van der Waals surface area contributed by atoms with Gasteiger partial charge in [-0.05, 0) is 36.4 Å². The van der Waals surface area contributed by atoms with Crippen molar-refractivity contribution in [1.29, 1.82) is 0 Å². The van der Waals surface area contributed by atoms with Crippen LogP contribution in [0.25, 0.3) is 38.6 Å². The molecule has 5 aromatic rings. The van der Waals surface area contributed by atoms with E-state index in [0.717, 1.165) is 10.9 Å². The number of aromatic nitrogens is 2. The highest BCUT2D eigenvalue weighted by atomic mass is 19.1. The van der Waals surface area contributed by atoms with E-state index in [1.54, 1.807) is 16.5 Å². The predicted octanol–water partition coefficient (Wildman–Crippen LogP) is 4.81. The molecule has 0 fully saturated rings. The standard InChI is InChI=1S/C22H13FN2O/c23-16-11-10-15-12-20-21(14-6-2-1-3-7-14)24-18-9-5-4-8-17(18)22(26)25(20)19(15)13-16/h1-13H. The van der Waals surface area contributed by atoms with Gasteiger partial charge in [0.2, 0.25) is 0 Å². The van der Waals surface area contributed by atoms with Gasteiger partial charge in [-0.1, -0.05) is 42.5 Å². The van der Waals surface area contributed by atoms with Gasteiger partial charge in [0.1, 0.15) is 5.82 Å². The lowest BCUT2D eigenvalue weighted by atomic mass is 10.1. The summed E-state index contributed by atoms with van der Waals surface area (Å²) >= 11 is 0. The van der Waals surface area contributed by atoms with Crippen LogP contribution in [0.15, 0.2) is 83.7 Å². The lowest BCUT2D eigenvalue weighted by Gasteiger charge is -1.99. The number of rotatable bonds is 1. The van der Waals surface area contributed by atoms with Crippen LogP contribution in [0.5, 0.6) is 0 Å². The van der Waals surface area contributed by atoms with E-state index in [0.29, 0.717) is 27.6 Å². The topological polar surface area (TPSA) is 34.4 Å². The highest BCUT2D eigenvalue weighted by Gasteiger charge is 2.14. The lowest BCUT2D eigenvalue weighted by molar-refractivity contribution is 0.629. The first-order valence-electron chi connectivity index (χ1n) is 8.31. The van der Waals surface area contributed by atoms with Crippen LogP contribution < -0.4 is 5.56 Å². The molecule has 0 saturated heterocycles. The molecule has 0 aliphatic rings. The summed E-state index contributed by atoms with van der Waals surface area (Å²) in [7, 11) is 0. The maximum Gasteiger partial charge on any atom is 0.265 e. The number of halogens is 1. The average Bonchev–Trinajstić information content (AvgIpc) is 2.99. The highest BCUT2D eigenvalue weighted by molar-refractivity contribution is 5.94. The summed E-state index contributed by atoms with van der Waals surface area (Å²) in [6.07, 6.45) is 0. The van der Waals surface area contributed by atoms with E-state index in [-0.39, 0.29) is 11.4 Å². The highest BCUT2D eigenvalue weighted by Crippen LogP contribution is 2.28. The van der Waals surface area contributed by atoms with Crippen LogP contribution in [0, 0.1) is 5.82 Å². The minimum Gasteiger partial charge on any atom is -0.274 e. The zero-order valence-corrected chi connectivity index (χ0v) is 13.7. The second-order valence-corrected chi connectivity index (χ2v) is 6.22. The van der Waals surface area contributed by atoms with Crippen LogP contribution in [-0.2, 0) is 0 Å². The Morgan fingerprint density at radius 3 is 2.42 bits per heavy atom. The maximum absolute atomic E-state index is 13.9. The summed E-state index contributed by atoms with van der Waals surface area (Å²) in [6, 6.07) is 23.3. The molecule has 0 aliphatic heterocycles. The van der Waals surface area contributed by atoms with Gasteiger partial charge in [-0.2, -0.15) is 0 Å². The molecule has 3 aromatic carbocycles. The number of hydrogen-bond donors (Lipinski definition) is 0. The third-order valence-electron chi connectivity index (χ3n) is 4.63. The zero-order valence-electron chi connectivity index (χ0n) is 13.7. The largest absolute Gasteiger partial charge is 0.274 e. The van der Waals surface area contributed by atoms with E-state index in [2.05, 4.69) is 0 Å². The van der Waals surface area contributed by atoms with Gasteiger partial charge in [0.15, 0.2) is 0 Å². The van der Waals surface area contributed by atoms with Crippen LogP contribution in [0.4, 0.5) is 4.39 Å². The minimum atomic E-state index is -0.373. The Labute approximate surface area is 148 Å². The van der Waals surface area contributed by atoms with E-state index in [9.17, 15) is 9.18 Å². The monoisotopic (exact) mass is 340 g/mol.